The molecule has 0 atom stereocenters. The summed E-state index contributed by atoms with van der Waals surface area (Å²) in [6.45, 7) is 1.06. The molecule has 4 aliphatic rings. The van der Waals surface area contributed by atoms with E-state index in [9.17, 15) is 4.39 Å². The number of ether oxygens (including phenoxy) is 2. The van der Waals surface area contributed by atoms with Crippen LogP contribution in [0.15, 0.2) is 34.8 Å². The number of benzene rings is 2. The Kier molecular flexibility index (Phi) is 5.95. The van der Waals surface area contributed by atoms with E-state index in [1.54, 1.807) is 13.2 Å². The molecule has 4 saturated carbocycles. The molecule has 4 bridgehead atoms. The van der Waals surface area contributed by atoms with Gasteiger partial charge in [0.2, 0.25) is 0 Å². The first-order valence-corrected chi connectivity index (χ1v) is 12.3. The van der Waals surface area contributed by atoms with Gasteiger partial charge in [-0.2, -0.15) is 0 Å². The molecule has 6 heteroatoms. The van der Waals surface area contributed by atoms with Crippen LogP contribution in [0.25, 0.3) is 0 Å². The summed E-state index contributed by atoms with van der Waals surface area (Å²) < 4.78 is 25.8. The quantitative estimate of drug-likeness (QED) is 0.442. The summed E-state index contributed by atoms with van der Waals surface area (Å²) in [6, 6.07) is 8.32. The SMILES string of the molecule is COc1cc(CNC23CC4CC(CC(C4)C2)C3)c(Br)cc1OCc1ccc(F)cc1Cl. The van der Waals surface area contributed by atoms with E-state index < -0.39 is 0 Å². The van der Waals surface area contributed by atoms with Gasteiger partial charge in [0.25, 0.3) is 0 Å². The minimum Gasteiger partial charge on any atom is -0.493 e. The lowest BCUT2D eigenvalue weighted by Crippen LogP contribution is -2.58. The zero-order chi connectivity index (χ0) is 21.6. The van der Waals surface area contributed by atoms with Crippen molar-refractivity contribution >= 4 is 27.5 Å². The van der Waals surface area contributed by atoms with Crippen molar-refractivity contribution in [3.8, 4) is 11.5 Å². The molecule has 31 heavy (non-hydrogen) atoms. The summed E-state index contributed by atoms with van der Waals surface area (Å²) in [6.07, 6.45) is 8.32. The third kappa shape index (κ3) is 4.46. The van der Waals surface area contributed by atoms with Crippen LogP contribution in [0.2, 0.25) is 5.02 Å². The molecule has 3 nitrogen and oxygen atoms in total. The Morgan fingerprint density at radius 3 is 2.32 bits per heavy atom. The lowest BCUT2D eigenvalue weighted by Gasteiger charge is -2.57. The van der Waals surface area contributed by atoms with Crippen molar-refractivity contribution in [2.45, 2.75) is 57.2 Å². The molecule has 0 unspecified atom stereocenters. The van der Waals surface area contributed by atoms with E-state index in [0.29, 0.717) is 22.1 Å². The van der Waals surface area contributed by atoms with Crippen LogP contribution in [0.4, 0.5) is 4.39 Å². The molecule has 0 heterocycles. The summed E-state index contributed by atoms with van der Waals surface area (Å²) in [5.74, 6) is 3.73. The second-order valence-electron chi connectivity index (χ2n) is 9.67. The lowest BCUT2D eigenvalue weighted by molar-refractivity contribution is -0.0206. The predicted octanol–water partition coefficient (Wildman–Crippen LogP) is 6.89. The van der Waals surface area contributed by atoms with Gasteiger partial charge in [0.05, 0.1) is 12.1 Å². The van der Waals surface area contributed by atoms with Crippen LogP contribution < -0.4 is 14.8 Å². The highest BCUT2D eigenvalue weighted by Gasteiger charge is 2.50. The first-order chi connectivity index (χ1) is 14.9. The van der Waals surface area contributed by atoms with E-state index >= 15 is 0 Å². The van der Waals surface area contributed by atoms with Gasteiger partial charge in [-0.25, -0.2) is 4.39 Å². The molecule has 166 valence electrons. The van der Waals surface area contributed by atoms with Gasteiger partial charge in [0, 0.05) is 22.1 Å². The first-order valence-electron chi connectivity index (χ1n) is 11.1. The summed E-state index contributed by atoms with van der Waals surface area (Å²) >= 11 is 9.85. The van der Waals surface area contributed by atoms with Crippen LogP contribution >= 0.6 is 27.5 Å². The van der Waals surface area contributed by atoms with Gasteiger partial charge in [-0.3, -0.25) is 0 Å². The first kappa shape index (κ1) is 21.5. The minimum atomic E-state index is -0.357. The Morgan fingerprint density at radius 1 is 1.03 bits per heavy atom. The van der Waals surface area contributed by atoms with Gasteiger partial charge in [-0.1, -0.05) is 33.6 Å². The van der Waals surface area contributed by atoms with E-state index in [2.05, 4.69) is 21.2 Å². The Balaban J connectivity index is 1.28. The Morgan fingerprint density at radius 2 is 1.71 bits per heavy atom. The second-order valence-corrected chi connectivity index (χ2v) is 10.9. The number of nitrogens with one attached hydrogen (secondary N) is 1. The fraction of sp³-hybridized carbons (Fsp3) is 0.520. The summed E-state index contributed by atoms with van der Waals surface area (Å²) in [5.41, 5.74) is 2.21. The van der Waals surface area contributed by atoms with Gasteiger partial charge in [-0.15, -0.1) is 0 Å². The van der Waals surface area contributed by atoms with E-state index in [4.69, 9.17) is 21.1 Å². The van der Waals surface area contributed by atoms with Gasteiger partial charge in [0.1, 0.15) is 12.4 Å². The summed E-state index contributed by atoms with van der Waals surface area (Å²) in [7, 11) is 1.65. The normalized spacial score (nSPS) is 28.7. The molecule has 2 aromatic rings. The van der Waals surface area contributed by atoms with E-state index in [0.717, 1.165) is 34.3 Å². The maximum Gasteiger partial charge on any atom is 0.162 e. The van der Waals surface area contributed by atoms with Crippen LogP contribution in [-0.2, 0) is 13.2 Å². The number of hydrogen-bond donors (Lipinski definition) is 1. The second kappa shape index (κ2) is 8.57. The standard InChI is InChI=1S/C25H28BrClFNO2/c1-30-23-7-19(13-29-25-10-15-4-16(11-25)6-17(5-15)12-25)21(26)9-24(23)31-14-18-2-3-20(28)8-22(18)27/h2-3,7-9,15-17,29H,4-6,10-14H2,1H3. The molecule has 0 aromatic heterocycles. The lowest BCUT2D eigenvalue weighted by atomic mass is 9.53. The molecule has 0 aliphatic heterocycles. The molecule has 0 saturated heterocycles. The average molecular weight is 509 g/mol. The van der Waals surface area contributed by atoms with Crippen molar-refractivity contribution in [1.29, 1.82) is 0 Å². The fourth-order valence-corrected chi connectivity index (χ4v) is 7.07. The number of halogens is 3. The average Bonchev–Trinajstić information content (AvgIpc) is 2.71. The highest BCUT2D eigenvalue weighted by molar-refractivity contribution is 9.10. The summed E-state index contributed by atoms with van der Waals surface area (Å²) in [4.78, 5) is 0. The molecule has 2 aromatic carbocycles. The molecule has 0 radical (unpaired) electrons. The number of hydrogen-bond acceptors (Lipinski definition) is 3. The zero-order valence-electron chi connectivity index (χ0n) is 17.7. The maximum atomic E-state index is 13.3. The zero-order valence-corrected chi connectivity index (χ0v) is 20.1. The molecule has 4 fully saturated rings. The van der Waals surface area contributed by atoms with Crippen LogP contribution in [0.1, 0.15) is 49.7 Å². The monoisotopic (exact) mass is 507 g/mol. The smallest absolute Gasteiger partial charge is 0.162 e. The van der Waals surface area contributed by atoms with Gasteiger partial charge in [-0.05, 0) is 86.1 Å². The van der Waals surface area contributed by atoms with E-state index in [1.165, 1.54) is 56.2 Å². The van der Waals surface area contributed by atoms with Crippen molar-refractivity contribution in [2.24, 2.45) is 17.8 Å². The fourth-order valence-electron chi connectivity index (χ4n) is 6.39. The Hall–Kier alpha value is -1.30. The van der Waals surface area contributed by atoms with Gasteiger partial charge < -0.3 is 14.8 Å². The van der Waals surface area contributed by atoms with E-state index in [-0.39, 0.29) is 12.4 Å². The Bertz CT molecular complexity index is 947. The van der Waals surface area contributed by atoms with Crippen molar-refractivity contribution in [3.63, 3.8) is 0 Å². The molecule has 0 spiro atoms. The third-order valence-corrected chi connectivity index (χ3v) is 8.51. The predicted molar refractivity (Wildman–Crippen MR) is 124 cm³/mol. The Labute approximate surface area is 196 Å². The molecule has 6 rings (SSSR count). The number of methoxy groups -OCH3 is 1. The minimum absolute atomic E-state index is 0.243. The van der Waals surface area contributed by atoms with Gasteiger partial charge >= 0.3 is 0 Å². The van der Waals surface area contributed by atoms with Crippen molar-refractivity contribution in [2.75, 3.05) is 7.11 Å². The van der Waals surface area contributed by atoms with Crippen LogP contribution in [0, 0.1) is 23.6 Å². The van der Waals surface area contributed by atoms with E-state index in [1.807, 2.05) is 12.1 Å². The van der Waals surface area contributed by atoms with Crippen molar-refractivity contribution in [1.82, 2.24) is 5.32 Å². The molecule has 0 amide bonds. The largest absolute Gasteiger partial charge is 0.493 e. The third-order valence-electron chi connectivity index (χ3n) is 7.42. The molecular formula is C25H28BrClFNO2. The topological polar surface area (TPSA) is 30.5 Å². The van der Waals surface area contributed by atoms with Gasteiger partial charge in [0.15, 0.2) is 11.5 Å². The van der Waals surface area contributed by atoms with Crippen molar-refractivity contribution in [3.05, 3.63) is 56.8 Å². The molecule has 4 aliphatic carbocycles. The van der Waals surface area contributed by atoms with Crippen LogP contribution in [0.5, 0.6) is 11.5 Å². The number of rotatable bonds is 7. The van der Waals surface area contributed by atoms with Crippen molar-refractivity contribution < 1.29 is 13.9 Å². The highest BCUT2D eigenvalue weighted by Crippen LogP contribution is 2.55. The maximum absolute atomic E-state index is 13.3. The molecular weight excluding hydrogens is 481 g/mol. The van der Waals surface area contributed by atoms with Crippen LogP contribution in [0.3, 0.4) is 0 Å². The molecule has 1 N–H and O–H groups in total. The highest BCUT2D eigenvalue weighted by atomic mass is 79.9. The van der Waals surface area contributed by atoms with Crippen LogP contribution in [-0.4, -0.2) is 12.6 Å². The summed E-state index contributed by atoms with van der Waals surface area (Å²) in [5, 5.41) is 4.30.